The number of allylic oxidation sites excluding steroid dienone is 1. The number of aliphatic hydroxyl groups is 2. The molecule has 14 nitrogen and oxygen atoms in total. The monoisotopic (exact) mass is 1350 g/mol. The second-order valence-corrected chi connectivity index (χ2v) is 30.4. The van der Waals surface area contributed by atoms with Crippen molar-refractivity contribution in [1.29, 1.82) is 0 Å². The number of piperazine rings is 1. The highest BCUT2D eigenvalue weighted by molar-refractivity contribution is 6.06. The van der Waals surface area contributed by atoms with E-state index in [0.29, 0.717) is 60.2 Å². The highest BCUT2D eigenvalue weighted by Crippen LogP contribution is 2.69. The number of nitrogens with one attached hydrogen (secondary N) is 2. The Hall–Kier alpha value is -10.0. The Morgan fingerprint density at radius 1 is 0.853 bits per heavy atom. The molecule has 1 saturated heterocycles. The Kier molecular flexibility index (Phi) is 15.8. The zero-order valence-corrected chi connectivity index (χ0v) is 57.8. The fourth-order valence-electron chi connectivity index (χ4n) is 20.6. The first-order valence-electron chi connectivity index (χ1n) is 36.8. The summed E-state index contributed by atoms with van der Waals surface area (Å²) in [6.45, 7) is 4.49. The van der Waals surface area contributed by atoms with Crippen LogP contribution in [0, 0.1) is 47.3 Å². The lowest BCUT2D eigenvalue weighted by Gasteiger charge is -2.51. The fourth-order valence-corrected chi connectivity index (χ4v) is 20.6. The molecule has 3 saturated carbocycles. The van der Waals surface area contributed by atoms with Gasteiger partial charge in [0.1, 0.15) is 28.3 Å². The molecule has 11 atom stereocenters. The third kappa shape index (κ3) is 10.3. The van der Waals surface area contributed by atoms with Crippen LogP contribution in [0.15, 0.2) is 178 Å². The number of ether oxygens (including phenoxy) is 3. The molecule has 4 aliphatic heterocycles. The summed E-state index contributed by atoms with van der Waals surface area (Å²) in [7, 11) is 1.53. The van der Waals surface area contributed by atoms with Gasteiger partial charge in [-0.05, 0) is 185 Å². The van der Waals surface area contributed by atoms with E-state index >= 15 is 4.79 Å². The number of aliphatic imine (C=N–C) groups is 1. The van der Waals surface area contributed by atoms with Gasteiger partial charge in [-0.25, -0.2) is 4.99 Å². The Labute approximate surface area is 594 Å². The van der Waals surface area contributed by atoms with Crippen molar-refractivity contribution in [3.05, 3.63) is 224 Å². The maximum absolute atomic E-state index is 15.1. The number of hydrogen-bond acceptors (Lipinski definition) is 11. The molecule has 0 radical (unpaired) electrons. The van der Waals surface area contributed by atoms with E-state index in [0.717, 1.165) is 90.8 Å². The van der Waals surface area contributed by atoms with Gasteiger partial charge in [0.15, 0.2) is 22.9 Å². The SMILES string of the molecule is COc1c2c(c3oc(-c4ccc(O)cc4)cc(=O)c3c1OCC[C@@H](O)/C=C/c1ccccc1)CCc1cccc(c1)-c1cc3[nH]c1N1CCNC[C@@H]1[C@@]1(C[C@]45CCc6c7ccccc7cc7ccc(c4c67)C=C[C@@H]5[C@@H]1C#C[C@@H]1CC[C@H]4CC[C@@H]1[C@@]34C)c1ccc(c(N=C(N)N)c1)C[C@@H](CO)CO2. The molecule has 516 valence electrons. The number of hydrogen-bond donors (Lipinski definition) is 7. The van der Waals surface area contributed by atoms with Gasteiger partial charge in [0.05, 0.1) is 38.2 Å². The Morgan fingerprint density at radius 2 is 1.71 bits per heavy atom. The predicted octanol–water partition coefficient (Wildman–Crippen LogP) is 14.5. The molecule has 8 aromatic carbocycles. The average molecular weight is 1360 g/mol. The summed E-state index contributed by atoms with van der Waals surface area (Å²) >= 11 is 0. The van der Waals surface area contributed by atoms with E-state index in [1.165, 1.54) is 63.5 Å². The quantitative estimate of drug-likeness (QED) is 0.0295. The van der Waals surface area contributed by atoms with Crippen LogP contribution in [0.25, 0.3) is 67.1 Å². The minimum Gasteiger partial charge on any atom is -0.508 e. The fraction of sp³-hybridized carbons (Fsp3) is 0.341. The van der Waals surface area contributed by atoms with E-state index in [9.17, 15) is 15.3 Å². The summed E-state index contributed by atoms with van der Waals surface area (Å²) in [6, 6.07) is 52.1. The van der Waals surface area contributed by atoms with E-state index < -0.39 is 17.4 Å². The van der Waals surface area contributed by atoms with Crippen LogP contribution in [0.1, 0.15) is 102 Å². The lowest BCUT2D eigenvalue weighted by Crippen LogP contribution is -2.62. The summed E-state index contributed by atoms with van der Waals surface area (Å²) in [4.78, 5) is 27.4. The summed E-state index contributed by atoms with van der Waals surface area (Å²) in [5.74, 6) is 11.1. The number of fused-ring (bicyclic) bond motifs is 11. The largest absolute Gasteiger partial charge is 0.508 e. The van der Waals surface area contributed by atoms with Crippen molar-refractivity contribution in [3.63, 3.8) is 0 Å². The predicted molar refractivity (Wildman–Crippen MR) is 405 cm³/mol. The van der Waals surface area contributed by atoms with Gasteiger partial charge in [-0.1, -0.05) is 146 Å². The van der Waals surface area contributed by atoms with Crippen LogP contribution in [0.3, 0.4) is 0 Å². The molecule has 9 N–H and O–H groups in total. The number of rotatable bonds is 10. The molecule has 10 aromatic rings. The van der Waals surface area contributed by atoms with Crippen LogP contribution < -0.4 is 41.3 Å². The Bertz CT molecular complexity index is 5230. The molecule has 0 unspecified atom stereocenters. The Balaban J connectivity index is 0.853. The maximum atomic E-state index is 15.1. The molecule has 4 fully saturated rings. The number of anilines is 1. The third-order valence-electron chi connectivity index (χ3n) is 25.3. The molecule has 19 rings (SSSR count). The second kappa shape index (κ2) is 25.2. The van der Waals surface area contributed by atoms with Crippen LogP contribution in [-0.4, -0.2) is 85.0 Å². The number of aromatic nitrogens is 1. The maximum Gasteiger partial charge on any atom is 0.204 e. The molecule has 11 bridgehead atoms. The van der Waals surface area contributed by atoms with Gasteiger partial charge in [0, 0.05) is 101 Å². The minimum atomic E-state index is -0.885. The van der Waals surface area contributed by atoms with E-state index in [2.05, 4.69) is 137 Å². The zero-order chi connectivity index (χ0) is 69.2. The first kappa shape index (κ1) is 64.1. The summed E-state index contributed by atoms with van der Waals surface area (Å²) in [5, 5.41) is 43.1. The van der Waals surface area contributed by atoms with Gasteiger partial charge >= 0.3 is 0 Å². The molecule has 5 aliphatic carbocycles. The lowest BCUT2D eigenvalue weighted by atomic mass is 9.59. The highest BCUT2D eigenvalue weighted by atomic mass is 16.5. The molecular weight excluding hydrogens is 1270 g/mol. The number of benzene rings is 8. The average Bonchev–Trinajstić information content (AvgIpc) is 1.49. The first-order chi connectivity index (χ1) is 49.8. The molecule has 102 heavy (non-hydrogen) atoms. The smallest absolute Gasteiger partial charge is 0.204 e. The summed E-state index contributed by atoms with van der Waals surface area (Å²) in [6.07, 6.45) is 16.3. The third-order valence-corrected chi connectivity index (χ3v) is 25.3. The number of aliphatic hydroxyl groups excluding tert-OH is 2. The second-order valence-electron chi connectivity index (χ2n) is 30.4. The number of guanidine groups is 1. The molecular formula is C88H86N6O8. The lowest BCUT2D eigenvalue weighted by molar-refractivity contribution is 0.152. The standard InChI is InChI=1S/C88H86N6O8/c1-86-61-25-19-54(69(86)34-27-61)23-33-71-70-32-24-56-17-18-60-43-58-12-6-7-14-65(58)66-35-37-87(70,79(56)77(60)66)50-88(71)62-26-20-59(72(44-62)92-85(89)90)42-53(48-95)49-101-81-67(31-16-52-11-8-13-57(41-52)68-45-75(86)93-84(68)94-39-38-91-47-76(88)94)80-78(73(98)46-74(102-80)55-21-29-63(96)30-22-55)82(83(81)99-2)100-40-36-64(97)28-15-51-9-4-3-5-10-51/h3-15,17-18,20-22,24,26,28-30,32,41,43-46,53-54,61,64,69-71,76,91,93,95-97H,16,19,25,27,31,34-40,42,47-50H2,1-2H3,(H4,89,90,92)/b28-15+/t53-,54-,61-,64-,69-,70+,71-,76+,86-,87-,88-/m0/s1. The van der Waals surface area contributed by atoms with Crippen molar-refractivity contribution in [1.82, 2.24) is 10.3 Å². The van der Waals surface area contributed by atoms with Crippen LogP contribution in [0.2, 0.25) is 0 Å². The van der Waals surface area contributed by atoms with Gasteiger partial charge in [-0.2, -0.15) is 0 Å². The molecule has 2 spiro atoms. The van der Waals surface area contributed by atoms with Crippen molar-refractivity contribution in [2.24, 2.45) is 52.0 Å². The summed E-state index contributed by atoms with van der Waals surface area (Å²) in [5.41, 5.74) is 25.5. The number of H-pyrrole nitrogens is 1. The molecule has 14 heteroatoms. The van der Waals surface area contributed by atoms with E-state index in [4.69, 9.17) is 35.1 Å². The molecule has 6 heterocycles. The van der Waals surface area contributed by atoms with Crippen molar-refractivity contribution in [2.75, 3.05) is 51.5 Å². The number of aryl methyl sites for hydroxylation is 3. The first-order valence-corrected chi connectivity index (χ1v) is 36.8. The highest BCUT2D eigenvalue weighted by Gasteiger charge is 2.67. The topological polar surface area (TPSA) is 214 Å². The van der Waals surface area contributed by atoms with Gasteiger partial charge in [0.25, 0.3) is 0 Å². The number of nitrogens with two attached hydrogens (primary N) is 2. The van der Waals surface area contributed by atoms with Crippen LogP contribution in [-0.2, 0) is 41.9 Å². The van der Waals surface area contributed by atoms with Crippen molar-refractivity contribution >= 4 is 62.1 Å². The molecule has 2 aromatic heterocycles. The number of aromatic hydroxyl groups is 1. The van der Waals surface area contributed by atoms with Gasteiger partial charge in [-0.3, -0.25) is 4.79 Å². The zero-order valence-electron chi connectivity index (χ0n) is 57.8. The van der Waals surface area contributed by atoms with Gasteiger partial charge < -0.3 is 60.6 Å². The van der Waals surface area contributed by atoms with Crippen LogP contribution in [0.5, 0.6) is 23.0 Å². The Morgan fingerprint density at radius 3 is 2.56 bits per heavy atom. The van der Waals surface area contributed by atoms with Crippen molar-refractivity contribution in [3.8, 4) is 57.3 Å². The van der Waals surface area contributed by atoms with E-state index in [1.54, 1.807) is 30.3 Å². The minimum absolute atomic E-state index is 0.00654. The van der Waals surface area contributed by atoms with Gasteiger partial charge in [0.2, 0.25) is 5.75 Å². The molecule has 9 aliphatic rings. The number of phenols is 1. The van der Waals surface area contributed by atoms with Crippen molar-refractivity contribution in [2.45, 2.75) is 106 Å². The van der Waals surface area contributed by atoms with E-state index in [-0.39, 0.29) is 106 Å². The summed E-state index contributed by atoms with van der Waals surface area (Å²) < 4.78 is 27.4. The van der Waals surface area contributed by atoms with Crippen LogP contribution in [0.4, 0.5) is 11.5 Å². The van der Waals surface area contributed by atoms with Crippen LogP contribution >= 0.6 is 0 Å². The van der Waals surface area contributed by atoms with Gasteiger partial charge in [-0.15, -0.1) is 0 Å². The number of aromatic amines is 1. The number of phenolic OH excluding ortho intramolecular Hbond substituents is 1. The molecule has 0 amide bonds. The number of methoxy groups -OCH3 is 1. The van der Waals surface area contributed by atoms with Crippen molar-refractivity contribution < 1.29 is 33.9 Å². The van der Waals surface area contributed by atoms with E-state index in [1.807, 2.05) is 36.4 Å². The normalized spacial score (nSPS) is 26.1. The number of nitrogens with zero attached hydrogens (tertiary/aromatic N) is 2.